The molecule has 0 saturated carbocycles. The molecule has 9 heteroatoms. The van der Waals surface area contributed by atoms with Gasteiger partial charge >= 0.3 is 5.97 Å². The minimum atomic E-state index is -0.584. The van der Waals surface area contributed by atoms with Crippen molar-refractivity contribution in [3.05, 3.63) is 41.4 Å². The topological polar surface area (TPSA) is 114 Å². The summed E-state index contributed by atoms with van der Waals surface area (Å²) in [5.74, 6) is -1.93. The summed E-state index contributed by atoms with van der Waals surface area (Å²) in [4.78, 5) is 47.8. The molecular weight excluding hydrogens is 398 g/mol. The molecule has 29 heavy (non-hydrogen) atoms. The first kappa shape index (κ1) is 22.4. The highest BCUT2D eigenvalue weighted by Gasteiger charge is 2.27. The molecule has 1 aliphatic rings. The minimum Gasteiger partial charge on any atom is -0.463 e. The van der Waals surface area contributed by atoms with Crippen LogP contribution in [0, 0.1) is 5.92 Å². The first-order chi connectivity index (χ1) is 13.9. The summed E-state index contributed by atoms with van der Waals surface area (Å²) in [6.45, 7) is 2.50. The van der Waals surface area contributed by atoms with Crippen LogP contribution in [0.3, 0.4) is 0 Å². The zero-order valence-corrected chi connectivity index (χ0v) is 16.8. The number of carbonyl (C=O) groups excluding carboxylic acids is 4. The molecule has 2 atom stereocenters. The van der Waals surface area contributed by atoms with Crippen molar-refractivity contribution in [2.24, 2.45) is 5.92 Å². The first-order valence-corrected chi connectivity index (χ1v) is 9.72. The zero-order chi connectivity index (χ0) is 21.2. The average molecular weight is 422 g/mol. The molecule has 0 aliphatic carbocycles. The molecule has 1 aliphatic heterocycles. The molecule has 2 rings (SSSR count). The number of esters is 1. The van der Waals surface area contributed by atoms with Crippen LogP contribution < -0.4 is 16.0 Å². The van der Waals surface area contributed by atoms with E-state index in [1.54, 1.807) is 31.2 Å². The van der Waals surface area contributed by atoms with E-state index < -0.39 is 30.2 Å². The fourth-order valence-corrected chi connectivity index (χ4v) is 3.11. The molecule has 0 unspecified atom stereocenters. The van der Waals surface area contributed by atoms with Crippen LogP contribution in [0.2, 0.25) is 5.02 Å². The van der Waals surface area contributed by atoms with E-state index in [1.807, 2.05) is 0 Å². The molecule has 1 fully saturated rings. The highest BCUT2D eigenvalue weighted by molar-refractivity contribution is 6.30. The summed E-state index contributed by atoms with van der Waals surface area (Å²) in [7, 11) is 0. The Bertz CT molecular complexity index is 796. The van der Waals surface area contributed by atoms with Crippen LogP contribution in [-0.2, 0) is 23.9 Å². The Hall–Kier alpha value is -2.87. The van der Waals surface area contributed by atoms with Crippen LogP contribution in [0.25, 0.3) is 0 Å². The van der Waals surface area contributed by atoms with Gasteiger partial charge in [0, 0.05) is 35.3 Å². The SMILES string of the molecule is CCOC(=O)C=C[C@H](C[C@@H]1CCNC1=O)NC(=O)CC(=O)Nc1cccc(Cl)c1. The first-order valence-electron chi connectivity index (χ1n) is 9.34. The second kappa shape index (κ2) is 11.2. The van der Waals surface area contributed by atoms with Gasteiger partial charge < -0.3 is 20.7 Å². The van der Waals surface area contributed by atoms with Gasteiger partial charge in [0.15, 0.2) is 0 Å². The van der Waals surface area contributed by atoms with Gasteiger partial charge in [-0.1, -0.05) is 23.7 Å². The lowest BCUT2D eigenvalue weighted by molar-refractivity contribution is -0.137. The number of carbonyl (C=O) groups is 4. The lowest BCUT2D eigenvalue weighted by Crippen LogP contribution is -2.38. The number of halogens is 1. The fourth-order valence-electron chi connectivity index (χ4n) is 2.92. The van der Waals surface area contributed by atoms with Crippen LogP contribution in [0.1, 0.15) is 26.2 Å². The van der Waals surface area contributed by atoms with E-state index in [-0.39, 0.29) is 18.4 Å². The van der Waals surface area contributed by atoms with E-state index in [1.165, 1.54) is 12.2 Å². The van der Waals surface area contributed by atoms with E-state index in [0.717, 1.165) is 0 Å². The van der Waals surface area contributed by atoms with E-state index >= 15 is 0 Å². The number of amides is 3. The third kappa shape index (κ3) is 7.95. The van der Waals surface area contributed by atoms with Crippen molar-refractivity contribution in [2.45, 2.75) is 32.2 Å². The third-order valence-electron chi connectivity index (χ3n) is 4.23. The number of hydrogen-bond donors (Lipinski definition) is 3. The Balaban J connectivity index is 1.94. The summed E-state index contributed by atoms with van der Waals surface area (Å²) in [6, 6.07) is 6.00. The second-order valence-electron chi connectivity index (χ2n) is 6.53. The second-order valence-corrected chi connectivity index (χ2v) is 6.97. The number of nitrogens with one attached hydrogen (secondary N) is 3. The molecule has 1 heterocycles. The molecule has 1 aromatic carbocycles. The Morgan fingerprint density at radius 1 is 1.34 bits per heavy atom. The van der Waals surface area contributed by atoms with Gasteiger partial charge in [-0.3, -0.25) is 14.4 Å². The molecule has 1 aromatic rings. The molecular formula is C20H24ClN3O5. The quantitative estimate of drug-likeness (QED) is 0.319. The maximum absolute atomic E-state index is 12.3. The summed E-state index contributed by atoms with van der Waals surface area (Å²) >= 11 is 5.87. The summed E-state index contributed by atoms with van der Waals surface area (Å²) in [5.41, 5.74) is 0.483. The van der Waals surface area contributed by atoms with E-state index in [9.17, 15) is 19.2 Å². The number of ether oxygens (including phenoxy) is 1. The lowest BCUT2D eigenvalue weighted by atomic mass is 9.98. The van der Waals surface area contributed by atoms with Crippen molar-refractivity contribution < 1.29 is 23.9 Å². The maximum Gasteiger partial charge on any atom is 0.330 e. The molecule has 0 bridgehead atoms. The number of anilines is 1. The predicted molar refractivity (Wildman–Crippen MR) is 108 cm³/mol. The van der Waals surface area contributed by atoms with Gasteiger partial charge in [0.05, 0.1) is 6.61 Å². The largest absolute Gasteiger partial charge is 0.463 e. The highest BCUT2D eigenvalue weighted by atomic mass is 35.5. The molecule has 0 aromatic heterocycles. The van der Waals surface area contributed by atoms with E-state index in [2.05, 4.69) is 16.0 Å². The summed E-state index contributed by atoms with van der Waals surface area (Å²) < 4.78 is 4.84. The minimum absolute atomic E-state index is 0.0903. The molecule has 0 radical (unpaired) electrons. The molecule has 156 valence electrons. The third-order valence-corrected chi connectivity index (χ3v) is 4.46. The molecule has 1 saturated heterocycles. The molecule has 3 amide bonds. The van der Waals surface area contributed by atoms with Crippen molar-refractivity contribution in [1.29, 1.82) is 0 Å². The van der Waals surface area contributed by atoms with Crippen LogP contribution in [0.15, 0.2) is 36.4 Å². The summed E-state index contributed by atoms with van der Waals surface area (Å²) in [5, 5.41) is 8.48. The monoisotopic (exact) mass is 421 g/mol. The standard InChI is InChI=1S/C20H24ClN3O5/c1-2-29-19(27)7-6-16(10-13-8-9-22-20(13)28)24-18(26)12-17(25)23-15-5-3-4-14(21)11-15/h3-7,11,13,16H,2,8-10,12H2,1H3,(H,22,28)(H,23,25)(H,24,26)/t13-,16+/m0/s1. The average Bonchev–Trinajstić information content (AvgIpc) is 3.04. The zero-order valence-electron chi connectivity index (χ0n) is 16.1. The van der Waals surface area contributed by atoms with Gasteiger partial charge in [-0.25, -0.2) is 4.79 Å². The Kier molecular flexibility index (Phi) is 8.67. The molecule has 8 nitrogen and oxygen atoms in total. The van der Waals surface area contributed by atoms with Gasteiger partial charge in [0.25, 0.3) is 0 Å². The van der Waals surface area contributed by atoms with Crippen LogP contribution in [0.5, 0.6) is 0 Å². The van der Waals surface area contributed by atoms with Crippen LogP contribution in [-0.4, -0.2) is 42.9 Å². The Morgan fingerprint density at radius 2 is 2.14 bits per heavy atom. The maximum atomic E-state index is 12.3. The molecule has 0 spiro atoms. The van der Waals surface area contributed by atoms with Crippen molar-refractivity contribution >= 4 is 41.0 Å². The van der Waals surface area contributed by atoms with Crippen molar-refractivity contribution in [3.63, 3.8) is 0 Å². The van der Waals surface area contributed by atoms with Crippen LogP contribution >= 0.6 is 11.6 Å². The van der Waals surface area contributed by atoms with Gasteiger partial charge in [-0.15, -0.1) is 0 Å². The Labute approximate surface area is 174 Å². The van der Waals surface area contributed by atoms with Crippen molar-refractivity contribution in [3.8, 4) is 0 Å². The number of benzene rings is 1. The highest BCUT2D eigenvalue weighted by Crippen LogP contribution is 2.17. The van der Waals surface area contributed by atoms with Gasteiger partial charge in [-0.05, 0) is 38.0 Å². The van der Waals surface area contributed by atoms with E-state index in [4.69, 9.17) is 16.3 Å². The molecule has 3 N–H and O–H groups in total. The lowest BCUT2D eigenvalue weighted by Gasteiger charge is -2.18. The normalized spacial score (nSPS) is 16.9. The summed E-state index contributed by atoms with van der Waals surface area (Å²) in [6.07, 6.45) is 3.26. The van der Waals surface area contributed by atoms with Gasteiger partial charge in [0.1, 0.15) is 6.42 Å². The smallest absolute Gasteiger partial charge is 0.330 e. The van der Waals surface area contributed by atoms with Crippen LogP contribution in [0.4, 0.5) is 5.69 Å². The van der Waals surface area contributed by atoms with Crippen molar-refractivity contribution in [1.82, 2.24) is 10.6 Å². The Morgan fingerprint density at radius 3 is 2.79 bits per heavy atom. The van der Waals surface area contributed by atoms with Gasteiger partial charge in [-0.2, -0.15) is 0 Å². The number of rotatable bonds is 9. The predicted octanol–water partition coefficient (Wildman–Crippen LogP) is 1.80. The number of hydrogen-bond acceptors (Lipinski definition) is 5. The van der Waals surface area contributed by atoms with Gasteiger partial charge in [0.2, 0.25) is 17.7 Å². The fraction of sp³-hybridized carbons (Fsp3) is 0.400. The van der Waals surface area contributed by atoms with Crippen molar-refractivity contribution in [2.75, 3.05) is 18.5 Å². The van der Waals surface area contributed by atoms with E-state index in [0.29, 0.717) is 30.1 Å².